The molecule has 0 atom stereocenters. The van der Waals surface area contributed by atoms with Gasteiger partial charge in [0.1, 0.15) is 5.15 Å². The number of nitrogens with zero attached hydrogens (tertiary/aromatic N) is 2. The molecule has 0 fully saturated rings. The molecule has 2 rings (SSSR count). The standard InChI is InChI=1S/C9H8ClN3O2S/c10-6-5-8(14)13(9(15)12-6)3-1-7-11-2-4-16-7/h2,4-5H,1,3H2,(H,12,15). The molecule has 0 saturated carbocycles. The van der Waals surface area contributed by atoms with E-state index in [1.807, 2.05) is 5.38 Å². The van der Waals surface area contributed by atoms with Crippen molar-refractivity contribution in [2.45, 2.75) is 13.0 Å². The van der Waals surface area contributed by atoms with Gasteiger partial charge in [-0.2, -0.15) is 0 Å². The molecule has 0 aliphatic rings. The molecule has 0 aromatic carbocycles. The van der Waals surface area contributed by atoms with Crippen molar-refractivity contribution < 1.29 is 0 Å². The van der Waals surface area contributed by atoms with E-state index in [1.165, 1.54) is 17.4 Å². The molecule has 7 heteroatoms. The molecule has 2 aromatic rings. The Morgan fingerprint density at radius 1 is 1.50 bits per heavy atom. The highest BCUT2D eigenvalue weighted by molar-refractivity contribution is 7.09. The van der Waals surface area contributed by atoms with Crippen molar-refractivity contribution in [1.82, 2.24) is 14.5 Å². The highest BCUT2D eigenvalue weighted by atomic mass is 35.5. The van der Waals surface area contributed by atoms with Crippen molar-refractivity contribution in [3.05, 3.63) is 48.6 Å². The third kappa shape index (κ3) is 2.40. The Morgan fingerprint density at radius 2 is 2.31 bits per heavy atom. The van der Waals surface area contributed by atoms with Crippen molar-refractivity contribution in [2.75, 3.05) is 0 Å². The van der Waals surface area contributed by atoms with E-state index in [-0.39, 0.29) is 5.15 Å². The van der Waals surface area contributed by atoms with Gasteiger partial charge in [-0.15, -0.1) is 11.3 Å². The van der Waals surface area contributed by atoms with Crippen molar-refractivity contribution in [3.8, 4) is 0 Å². The molecule has 0 bridgehead atoms. The quantitative estimate of drug-likeness (QED) is 0.831. The van der Waals surface area contributed by atoms with Crippen LogP contribution in [0.2, 0.25) is 5.15 Å². The van der Waals surface area contributed by atoms with Crippen LogP contribution < -0.4 is 11.2 Å². The second-order valence-electron chi connectivity index (χ2n) is 3.09. The molecule has 2 heterocycles. The summed E-state index contributed by atoms with van der Waals surface area (Å²) >= 11 is 7.04. The summed E-state index contributed by atoms with van der Waals surface area (Å²) in [4.78, 5) is 29.3. The highest BCUT2D eigenvalue weighted by Crippen LogP contribution is 2.04. The Hall–Kier alpha value is -1.40. The SMILES string of the molecule is O=c1cc(Cl)[nH]c(=O)n1CCc1nccs1. The average Bonchev–Trinajstić information content (AvgIpc) is 2.68. The first-order valence-corrected chi connectivity index (χ1v) is 5.80. The summed E-state index contributed by atoms with van der Waals surface area (Å²) in [5.41, 5.74) is -0.889. The highest BCUT2D eigenvalue weighted by Gasteiger charge is 2.04. The number of aromatic nitrogens is 3. The number of rotatable bonds is 3. The maximum absolute atomic E-state index is 11.5. The van der Waals surface area contributed by atoms with Crippen LogP contribution in [0, 0.1) is 0 Å². The molecule has 0 radical (unpaired) electrons. The van der Waals surface area contributed by atoms with E-state index in [4.69, 9.17) is 11.6 Å². The van der Waals surface area contributed by atoms with E-state index < -0.39 is 11.2 Å². The van der Waals surface area contributed by atoms with Crippen LogP contribution in [-0.2, 0) is 13.0 Å². The Balaban J connectivity index is 2.22. The lowest BCUT2D eigenvalue weighted by Gasteiger charge is -2.02. The van der Waals surface area contributed by atoms with E-state index in [2.05, 4.69) is 9.97 Å². The lowest BCUT2D eigenvalue weighted by molar-refractivity contribution is 0.626. The van der Waals surface area contributed by atoms with Crippen molar-refractivity contribution in [3.63, 3.8) is 0 Å². The molecule has 16 heavy (non-hydrogen) atoms. The first kappa shape index (κ1) is 11.1. The van der Waals surface area contributed by atoms with E-state index >= 15 is 0 Å². The van der Waals surface area contributed by atoms with Gasteiger partial charge in [0, 0.05) is 30.6 Å². The minimum Gasteiger partial charge on any atom is -0.298 e. The van der Waals surface area contributed by atoms with E-state index in [1.54, 1.807) is 6.20 Å². The topological polar surface area (TPSA) is 67.8 Å². The first-order valence-electron chi connectivity index (χ1n) is 4.55. The number of H-pyrrole nitrogens is 1. The smallest absolute Gasteiger partial charge is 0.298 e. The number of aryl methyl sites for hydroxylation is 1. The molecule has 0 aliphatic heterocycles. The lowest BCUT2D eigenvalue weighted by Crippen LogP contribution is -2.35. The van der Waals surface area contributed by atoms with Gasteiger partial charge in [-0.25, -0.2) is 9.78 Å². The van der Waals surface area contributed by atoms with E-state index in [9.17, 15) is 9.59 Å². The first-order chi connectivity index (χ1) is 7.66. The lowest BCUT2D eigenvalue weighted by atomic mass is 10.4. The number of halogens is 1. The molecule has 0 spiro atoms. The fraction of sp³-hybridized carbons (Fsp3) is 0.222. The van der Waals surface area contributed by atoms with Gasteiger partial charge < -0.3 is 0 Å². The maximum Gasteiger partial charge on any atom is 0.329 e. The fourth-order valence-electron chi connectivity index (χ4n) is 1.29. The van der Waals surface area contributed by atoms with Crippen LogP contribution in [0.15, 0.2) is 27.2 Å². The van der Waals surface area contributed by atoms with Gasteiger partial charge in [0.05, 0.1) is 5.01 Å². The van der Waals surface area contributed by atoms with Gasteiger partial charge in [0.25, 0.3) is 5.56 Å². The maximum atomic E-state index is 11.5. The number of hydrogen-bond acceptors (Lipinski definition) is 4. The van der Waals surface area contributed by atoms with Crippen molar-refractivity contribution in [1.29, 1.82) is 0 Å². The second kappa shape index (κ2) is 4.63. The molecule has 0 unspecified atom stereocenters. The predicted molar refractivity (Wildman–Crippen MR) is 62.2 cm³/mol. The molecule has 2 aromatic heterocycles. The molecule has 5 nitrogen and oxygen atoms in total. The zero-order valence-electron chi connectivity index (χ0n) is 8.14. The van der Waals surface area contributed by atoms with Crippen molar-refractivity contribution in [2.24, 2.45) is 0 Å². The number of hydrogen-bond donors (Lipinski definition) is 1. The predicted octanol–water partition coefficient (Wildman–Crippen LogP) is 0.889. The summed E-state index contributed by atoms with van der Waals surface area (Å²) in [6, 6.07) is 1.19. The Bertz CT molecular complexity index is 556. The van der Waals surface area contributed by atoms with Gasteiger partial charge in [-0.1, -0.05) is 11.6 Å². The second-order valence-corrected chi connectivity index (χ2v) is 4.47. The van der Waals surface area contributed by atoms with Crippen LogP contribution in [0.4, 0.5) is 0 Å². The summed E-state index contributed by atoms with van der Waals surface area (Å²) in [6.45, 7) is 0.304. The minimum atomic E-state index is -0.492. The fourth-order valence-corrected chi connectivity index (χ4v) is 2.07. The summed E-state index contributed by atoms with van der Waals surface area (Å²) < 4.78 is 1.10. The van der Waals surface area contributed by atoms with Gasteiger partial charge in [0.2, 0.25) is 0 Å². The Labute approximate surface area is 99.4 Å². The molecular formula is C9H8ClN3O2S. The third-order valence-electron chi connectivity index (χ3n) is 2.02. The van der Waals surface area contributed by atoms with Gasteiger partial charge >= 0.3 is 5.69 Å². The third-order valence-corrected chi connectivity index (χ3v) is 3.06. The molecule has 84 valence electrons. The van der Waals surface area contributed by atoms with Crippen LogP contribution in [0.3, 0.4) is 0 Å². The summed E-state index contributed by atoms with van der Waals surface area (Å²) in [5.74, 6) is 0. The van der Waals surface area contributed by atoms with Crippen molar-refractivity contribution >= 4 is 22.9 Å². The van der Waals surface area contributed by atoms with Crippen LogP contribution in [0.1, 0.15) is 5.01 Å². The molecular weight excluding hydrogens is 250 g/mol. The van der Waals surface area contributed by atoms with Gasteiger partial charge in [-0.3, -0.25) is 14.3 Å². The molecule has 1 N–H and O–H groups in total. The monoisotopic (exact) mass is 257 g/mol. The van der Waals surface area contributed by atoms with E-state index in [0.29, 0.717) is 13.0 Å². The zero-order valence-corrected chi connectivity index (χ0v) is 9.72. The summed E-state index contributed by atoms with van der Waals surface area (Å²) in [5, 5.41) is 2.80. The summed E-state index contributed by atoms with van der Waals surface area (Å²) in [7, 11) is 0. The Morgan fingerprint density at radius 3 is 2.94 bits per heavy atom. The van der Waals surface area contributed by atoms with Crippen LogP contribution in [-0.4, -0.2) is 14.5 Å². The van der Waals surface area contributed by atoms with Crippen LogP contribution in [0.5, 0.6) is 0 Å². The van der Waals surface area contributed by atoms with Gasteiger partial charge in [0.15, 0.2) is 0 Å². The van der Waals surface area contributed by atoms with Crippen LogP contribution >= 0.6 is 22.9 Å². The molecule has 0 aliphatic carbocycles. The van der Waals surface area contributed by atoms with Gasteiger partial charge in [-0.05, 0) is 0 Å². The molecule has 0 amide bonds. The largest absolute Gasteiger partial charge is 0.329 e. The average molecular weight is 258 g/mol. The number of thiazole rings is 1. The van der Waals surface area contributed by atoms with E-state index in [0.717, 1.165) is 9.57 Å². The summed E-state index contributed by atoms with van der Waals surface area (Å²) in [6.07, 6.45) is 2.25. The van der Waals surface area contributed by atoms with Crippen LogP contribution in [0.25, 0.3) is 0 Å². The Kier molecular flexibility index (Phi) is 3.21. The zero-order chi connectivity index (χ0) is 11.5. The molecule has 0 saturated heterocycles. The minimum absolute atomic E-state index is 0.0560. The number of nitrogens with one attached hydrogen (secondary N) is 1. The normalized spacial score (nSPS) is 10.6. The number of aromatic amines is 1.